The minimum atomic E-state index is -0.910. The summed E-state index contributed by atoms with van der Waals surface area (Å²) in [6.45, 7) is 22.3. The van der Waals surface area contributed by atoms with Crippen molar-refractivity contribution < 1.29 is 47.8 Å². The van der Waals surface area contributed by atoms with Gasteiger partial charge >= 0.3 is 6.09 Å². The number of nitrogens with one attached hydrogen (secondary N) is 4. The van der Waals surface area contributed by atoms with Crippen LogP contribution in [0.1, 0.15) is 114 Å². The summed E-state index contributed by atoms with van der Waals surface area (Å²) >= 11 is 0. The highest BCUT2D eigenvalue weighted by Gasteiger charge is 2.43. The first-order valence-corrected chi connectivity index (χ1v) is 24.1. The summed E-state index contributed by atoms with van der Waals surface area (Å²) in [6, 6.07) is 3.75. The van der Waals surface area contributed by atoms with Gasteiger partial charge in [-0.25, -0.2) is 4.79 Å². The maximum atomic E-state index is 14.3. The van der Waals surface area contributed by atoms with Crippen LogP contribution in [0.5, 0.6) is 0 Å². The quantitative estimate of drug-likeness (QED) is 0.114. The van der Waals surface area contributed by atoms with Gasteiger partial charge in [0.15, 0.2) is 0 Å². The molecule has 0 saturated carbocycles. The molecule has 18 heteroatoms. The average Bonchev–Trinajstić information content (AvgIpc) is 3.76. The Morgan fingerprint density at radius 3 is 2.01 bits per heavy atom. The van der Waals surface area contributed by atoms with Crippen molar-refractivity contribution in [3.63, 3.8) is 0 Å². The van der Waals surface area contributed by atoms with Gasteiger partial charge in [-0.15, -0.1) is 0 Å². The number of hydrogen-bond donors (Lipinski definition) is 4. The predicted molar refractivity (Wildman–Crippen MR) is 264 cm³/mol. The Bertz CT molecular complexity index is 1870. The van der Waals surface area contributed by atoms with Crippen LogP contribution in [-0.2, 0) is 49.4 Å². The van der Waals surface area contributed by atoms with E-state index in [4.69, 9.17) is 14.2 Å². The third-order valence-corrected chi connectivity index (χ3v) is 13.5. The maximum Gasteiger partial charge on any atom is 0.410 e. The highest BCUT2D eigenvalue weighted by Crippen LogP contribution is 2.30. The van der Waals surface area contributed by atoms with Crippen LogP contribution in [0.2, 0.25) is 0 Å². The topological polar surface area (TPSA) is 208 Å². The molecule has 4 N–H and O–H groups in total. The average molecular weight is 959 g/mol. The zero-order chi connectivity index (χ0) is 52.0. The van der Waals surface area contributed by atoms with Crippen LogP contribution in [0.15, 0.2) is 24.3 Å². The van der Waals surface area contributed by atoms with Crippen molar-refractivity contribution in [2.75, 3.05) is 60.8 Å². The molecule has 7 amide bonds. The van der Waals surface area contributed by atoms with Crippen LogP contribution in [0, 0.1) is 17.8 Å². The lowest BCUT2D eigenvalue weighted by atomic mass is 9.89. The number of rotatable bonds is 24. The molecule has 2 rings (SSSR count). The van der Waals surface area contributed by atoms with Crippen molar-refractivity contribution in [3.8, 4) is 0 Å². The highest BCUT2D eigenvalue weighted by molar-refractivity contribution is 5.98. The minimum Gasteiger partial charge on any atom is -0.444 e. The number of nitrogens with zero attached hydrogens (tertiary/aromatic N) is 4. The standard InChI is InChI=1S/C50H86N8O10/c1-19-31(4)41(57(16)46(63)40(30(2)3)54-47(64)50(11,12)55(13)14)38(66-17)29-39(59)58-27-21-24-37(58)42(67-18)32(5)43(60)51-26-25-35-22-20-23-36(28-35)53-44(61)33(6)52-45(62)34(7)56(15)48(65)68-49(8,9)10/h20,22-23,28,30-34,37-38,40-42H,19,21,24-27,29H2,1-18H3,(H,51,60)(H,52,62)(H,53,61)(H,54,64)/t31-,32+,33-,34-,37?,38+,40-,41-,42+/m0/s1. The van der Waals surface area contributed by atoms with Crippen LogP contribution >= 0.6 is 0 Å². The lowest BCUT2D eigenvalue weighted by molar-refractivity contribution is -0.148. The number of amides is 7. The molecule has 0 radical (unpaired) electrons. The second kappa shape index (κ2) is 26.2. The molecule has 1 aliphatic rings. The summed E-state index contributed by atoms with van der Waals surface area (Å²) in [5, 5.41) is 11.5. The molecule has 1 fully saturated rings. The number of anilines is 1. The number of methoxy groups -OCH3 is 2. The minimum absolute atomic E-state index is 0.00270. The van der Waals surface area contributed by atoms with Crippen molar-refractivity contribution in [2.24, 2.45) is 17.8 Å². The molecule has 1 aliphatic heterocycles. The number of likely N-dealkylation sites (N-methyl/N-ethyl adjacent to an activating group) is 3. The van der Waals surface area contributed by atoms with Gasteiger partial charge in [0.25, 0.3) is 0 Å². The fourth-order valence-corrected chi connectivity index (χ4v) is 8.17. The Kier molecular flexibility index (Phi) is 22.9. The van der Waals surface area contributed by atoms with Crippen molar-refractivity contribution in [1.82, 2.24) is 35.6 Å². The molecule has 18 nitrogen and oxygen atoms in total. The van der Waals surface area contributed by atoms with Gasteiger partial charge in [0, 0.05) is 47.1 Å². The Hall–Kier alpha value is -4.81. The van der Waals surface area contributed by atoms with Crippen molar-refractivity contribution >= 4 is 47.2 Å². The van der Waals surface area contributed by atoms with Crippen LogP contribution in [0.4, 0.5) is 10.5 Å². The normalized spacial score (nSPS) is 17.8. The molecule has 0 spiro atoms. The third kappa shape index (κ3) is 16.4. The summed E-state index contributed by atoms with van der Waals surface area (Å²) in [5.41, 5.74) is -0.217. The summed E-state index contributed by atoms with van der Waals surface area (Å²) in [5.74, 6) is -2.74. The molecule has 0 aromatic heterocycles. The zero-order valence-corrected chi connectivity index (χ0v) is 44.4. The van der Waals surface area contributed by atoms with Crippen molar-refractivity contribution in [2.45, 2.75) is 169 Å². The summed E-state index contributed by atoms with van der Waals surface area (Å²) < 4.78 is 17.3. The van der Waals surface area contributed by atoms with Crippen molar-refractivity contribution in [3.05, 3.63) is 29.8 Å². The molecule has 68 heavy (non-hydrogen) atoms. The monoisotopic (exact) mass is 959 g/mol. The van der Waals surface area contributed by atoms with Gasteiger partial charge in [-0.3, -0.25) is 38.6 Å². The van der Waals surface area contributed by atoms with Crippen LogP contribution in [0.25, 0.3) is 0 Å². The summed E-state index contributed by atoms with van der Waals surface area (Å²) in [6.07, 6.45) is 0.652. The Balaban J connectivity index is 2.09. The van der Waals surface area contributed by atoms with Crippen molar-refractivity contribution in [1.29, 1.82) is 0 Å². The van der Waals surface area contributed by atoms with E-state index in [2.05, 4.69) is 21.3 Å². The molecule has 1 aromatic carbocycles. The van der Waals surface area contributed by atoms with Gasteiger partial charge in [0.2, 0.25) is 35.4 Å². The second-order valence-electron chi connectivity index (χ2n) is 20.5. The number of carbonyl (C=O) groups excluding carboxylic acids is 7. The van der Waals surface area contributed by atoms with Gasteiger partial charge in [-0.2, -0.15) is 0 Å². The van der Waals surface area contributed by atoms with E-state index in [1.807, 2.05) is 47.9 Å². The summed E-state index contributed by atoms with van der Waals surface area (Å²) in [4.78, 5) is 100. The molecule has 386 valence electrons. The molecular weight excluding hydrogens is 873 g/mol. The fraction of sp³-hybridized carbons (Fsp3) is 0.740. The molecule has 1 heterocycles. The molecule has 1 saturated heterocycles. The predicted octanol–water partition coefficient (Wildman–Crippen LogP) is 4.45. The first kappa shape index (κ1) is 59.3. The lowest BCUT2D eigenvalue weighted by Crippen LogP contribution is -2.61. The molecule has 9 atom stereocenters. The van der Waals surface area contributed by atoms with E-state index in [0.29, 0.717) is 38.0 Å². The SMILES string of the molecule is CC[C@H](C)[C@@H]([C@@H](CC(=O)N1CCCC1[C@H](OC)[C@@H](C)C(=O)NCCc1cccc(NC(=O)[C@H](C)NC(=O)[C@H](C)N(C)C(=O)OC(C)(C)C)c1)OC)N(C)C(=O)[C@@H](NC(=O)C(C)(C)N(C)C)C(C)C. The van der Waals surface area contributed by atoms with E-state index < -0.39 is 71.3 Å². The van der Waals surface area contributed by atoms with Gasteiger partial charge < -0.3 is 45.3 Å². The largest absolute Gasteiger partial charge is 0.444 e. The second-order valence-corrected chi connectivity index (χ2v) is 20.5. The molecule has 1 unspecified atom stereocenters. The van der Waals surface area contributed by atoms with Gasteiger partial charge in [-0.1, -0.05) is 53.2 Å². The van der Waals surface area contributed by atoms with E-state index in [9.17, 15) is 33.6 Å². The Labute approximate surface area is 406 Å². The lowest BCUT2D eigenvalue weighted by Gasteiger charge is -2.41. The third-order valence-electron chi connectivity index (χ3n) is 13.5. The first-order valence-electron chi connectivity index (χ1n) is 24.1. The molecular formula is C50H86N8O10. The van der Waals surface area contributed by atoms with E-state index in [-0.39, 0.29) is 47.9 Å². The Morgan fingerprint density at radius 1 is 0.838 bits per heavy atom. The van der Waals surface area contributed by atoms with E-state index in [0.717, 1.165) is 12.0 Å². The van der Waals surface area contributed by atoms with Gasteiger partial charge in [0.05, 0.1) is 42.2 Å². The van der Waals surface area contributed by atoms with E-state index >= 15 is 0 Å². The summed E-state index contributed by atoms with van der Waals surface area (Å²) in [7, 11) is 9.90. The maximum absolute atomic E-state index is 14.3. The van der Waals surface area contributed by atoms with E-state index in [1.54, 1.807) is 110 Å². The van der Waals surface area contributed by atoms with Crippen LogP contribution < -0.4 is 21.3 Å². The number of benzene rings is 1. The fourth-order valence-electron chi connectivity index (χ4n) is 8.17. The zero-order valence-electron chi connectivity index (χ0n) is 44.4. The highest BCUT2D eigenvalue weighted by atomic mass is 16.6. The van der Waals surface area contributed by atoms with Gasteiger partial charge in [-0.05, 0) is 111 Å². The number of likely N-dealkylation sites (tertiary alicyclic amines) is 1. The van der Waals surface area contributed by atoms with Crippen LogP contribution in [0.3, 0.4) is 0 Å². The Morgan fingerprint density at radius 2 is 1.47 bits per heavy atom. The van der Waals surface area contributed by atoms with Gasteiger partial charge in [0.1, 0.15) is 23.7 Å². The number of hydrogen-bond acceptors (Lipinski definition) is 11. The van der Waals surface area contributed by atoms with Crippen LogP contribution in [-0.4, -0.2) is 170 Å². The number of carbonyl (C=O) groups is 7. The number of ether oxygens (including phenoxy) is 3. The molecule has 0 aliphatic carbocycles. The molecule has 0 bridgehead atoms. The van der Waals surface area contributed by atoms with E-state index in [1.165, 1.54) is 11.9 Å². The molecule has 1 aromatic rings. The smallest absolute Gasteiger partial charge is 0.410 e. The first-order chi connectivity index (χ1) is 31.5.